The Bertz CT molecular complexity index is 477. The van der Waals surface area contributed by atoms with Crippen LogP contribution >= 0.6 is 0 Å². The molecule has 9 heteroatoms. The largest absolute Gasteiger partial charge is 0.467 e. The van der Waals surface area contributed by atoms with Crippen molar-refractivity contribution in [2.45, 2.75) is 37.0 Å². The number of morpholine rings is 1. The number of carbonyl (C=O) groups is 2. The van der Waals surface area contributed by atoms with Crippen LogP contribution in [0.2, 0.25) is 0 Å². The van der Waals surface area contributed by atoms with Gasteiger partial charge in [0.2, 0.25) is 0 Å². The van der Waals surface area contributed by atoms with Gasteiger partial charge in [-0.05, 0) is 12.0 Å². The van der Waals surface area contributed by atoms with Crippen molar-refractivity contribution in [1.29, 1.82) is 0 Å². The highest BCUT2D eigenvalue weighted by molar-refractivity contribution is 5.90. The highest BCUT2D eigenvalue weighted by Crippen LogP contribution is 2.37. The SMILES string of the molecule is COC(=O)[C@@H]1O[C@@H]2O[C@H]1C(=O)N1C[C@@H](N=[N+]=[N-])C[C@@H]21. The summed E-state index contributed by atoms with van der Waals surface area (Å²) in [6.07, 6.45) is -2.16. The highest BCUT2D eigenvalue weighted by Gasteiger charge is 2.58. The molecule has 3 aliphatic rings. The maximum absolute atomic E-state index is 12.2. The minimum absolute atomic E-state index is 0.276. The molecule has 0 unspecified atom stereocenters. The summed E-state index contributed by atoms with van der Waals surface area (Å²) in [7, 11) is 1.23. The van der Waals surface area contributed by atoms with E-state index in [4.69, 9.17) is 15.0 Å². The molecule has 3 rings (SSSR count). The Morgan fingerprint density at radius 2 is 2.37 bits per heavy atom. The lowest BCUT2D eigenvalue weighted by Gasteiger charge is -2.32. The van der Waals surface area contributed by atoms with Crippen LogP contribution in [0.3, 0.4) is 0 Å². The number of fused-ring (bicyclic) bond motifs is 4. The molecule has 0 aromatic rings. The third kappa shape index (κ3) is 1.74. The van der Waals surface area contributed by atoms with Crippen LogP contribution in [0.25, 0.3) is 10.4 Å². The number of hydrogen-bond donors (Lipinski definition) is 0. The normalized spacial score (nSPS) is 39.7. The van der Waals surface area contributed by atoms with E-state index in [2.05, 4.69) is 14.8 Å². The fraction of sp³-hybridized carbons (Fsp3) is 0.800. The number of azide groups is 1. The number of carbonyl (C=O) groups excluding carboxylic acids is 2. The molecule has 2 bridgehead atoms. The fourth-order valence-corrected chi connectivity index (χ4v) is 2.80. The van der Waals surface area contributed by atoms with Gasteiger partial charge in [-0.2, -0.15) is 0 Å². The van der Waals surface area contributed by atoms with Crippen LogP contribution in [0.5, 0.6) is 0 Å². The lowest BCUT2D eigenvalue weighted by atomic mass is 10.1. The number of hydrogen-bond acceptors (Lipinski definition) is 6. The highest BCUT2D eigenvalue weighted by atomic mass is 16.7. The molecule has 102 valence electrons. The van der Waals surface area contributed by atoms with Crippen LogP contribution in [0, 0.1) is 0 Å². The van der Waals surface area contributed by atoms with E-state index in [9.17, 15) is 9.59 Å². The fourth-order valence-electron chi connectivity index (χ4n) is 2.80. The Hall–Kier alpha value is -1.83. The number of nitrogens with zero attached hydrogens (tertiary/aromatic N) is 4. The van der Waals surface area contributed by atoms with Gasteiger partial charge in [-0.25, -0.2) is 4.79 Å². The lowest BCUT2D eigenvalue weighted by Crippen LogP contribution is -2.53. The number of rotatable bonds is 2. The van der Waals surface area contributed by atoms with Crippen LogP contribution in [-0.2, 0) is 23.8 Å². The van der Waals surface area contributed by atoms with Gasteiger partial charge in [0.05, 0.1) is 19.2 Å². The van der Waals surface area contributed by atoms with Gasteiger partial charge in [0.25, 0.3) is 5.91 Å². The summed E-state index contributed by atoms with van der Waals surface area (Å²) in [6, 6.07) is -0.587. The zero-order valence-corrected chi connectivity index (χ0v) is 10.1. The molecule has 9 nitrogen and oxygen atoms in total. The van der Waals surface area contributed by atoms with Crippen LogP contribution in [0.15, 0.2) is 5.11 Å². The number of amides is 1. The van der Waals surface area contributed by atoms with Gasteiger partial charge in [0.15, 0.2) is 18.5 Å². The summed E-state index contributed by atoms with van der Waals surface area (Å²) in [4.78, 5) is 28.1. The average molecular weight is 268 g/mol. The zero-order chi connectivity index (χ0) is 13.6. The second kappa shape index (κ2) is 4.37. The van der Waals surface area contributed by atoms with Gasteiger partial charge in [-0.1, -0.05) is 5.11 Å². The van der Waals surface area contributed by atoms with E-state index in [1.807, 2.05) is 0 Å². The van der Waals surface area contributed by atoms with Gasteiger partial charge in [0.1, 0.15) is 0 Å². The van der Waals surface area contributed by atoms with Crippen molar-refractivity contribution in [2.75, 3.05) is 13.7 Å². The van der Waals surface area contributed by atoms with Gasteiger partial charge in [-0.3, -0.25) is 4.79 Å². The molecule has 3 saturated heterocycles. The molecule has 0 aromatic carbocycles. The molecule has 3 fully saturated rings. The third-order valence-electron chi connectivity index (χ3n) is 3.65. The lowest BCUT2D eigenvalue weighted by molar-refractivity contribution is -0.171. The molecule has 0 radical (unpaired) electrons. The second-order valence-electron chi connectivity index (χ2n) is 4.66. The van der Waals surface area contributed by atoms with E-state index in [1.165, 1.54) is 7.11 Å². The molecule has 0 aliphatic carbocycles. The number of esters is 1. The Balaban J connectivity index is 1.82. The Kier molecular flexibility index (Phi) is 2.81. The molecular formula is C10H12N4O5. The molecule has 19 heavy (non-hydrogen) atoms. The molecule has 5 atom stereocenters. The Labute approximate surface area is 108 Å². The van der Waals surface area contributed by atoms with Gasteiger partial charge < -0.3 is 19.1 Å². The average Bonchev–Trinajstić information content (AvgIpc) is 2.99. The minimum atomic E-state index is -1.01. The van der Waals surface area contributed by atoms with Crippen LogP contribution in [0.1, 0.15) is 6.42 Å². The van der Waals surface area contributed by atoms with Crippen LogP contribution in [0.4, 0.5) is 0 Å². The molecule has 0 spiro atoms. The second-order valence-corrected chi connectivity index (χ2v) is 4.66. The first-order valence-corrected chi connectivity index (χ1v) is 5.89. The maximum atomic E-state index is 12.2. The van der Waals surface area contributed by atoms with E-state index in [-0.39, 0.29) is 18.0 Å². The summed E-state index contributed by atoms with van der Waals surface area (Å²) >= 11 is 0. The summed E-state index contributed by atoms with van der Waals surface area (Å²) in [5.41, 5.74) is 8.44. The van der Waals surface area contributed by atoms with E-state index >= 15 is 0 Å². The first-order chi connectivity index (χ1) is 9.15. The van der Waals surface area contributed by atoms with Gasteiger partial charge in [0, 0.05) is 11.5 Å². The molecule has 3 aliphatic heterocycles. The molecule has 0 N–H and O–H groups in total. The molecule has 0 aromatic heterocycles. The predicted octanol–water partition coefficient (Wildman–Crippen LogP) is -0.437. The summed E-state index contributed by atoms with van der Waals surface area (Å²) in [5.74, 6) is -0.932. The van der Waals surface area contributed by atoms with E-state index in [1.54, 1.807) is 4.90 Å². The first-order valence-electron chi connectivity index (χ1n) is 5.89. The first kappa shape index (κ1) is 12.2. The monoisotopic (exact) mass is 268 g/mol. The van der Waals surface area contributed by atoms with Crippen molar-refractivity contribution in [1.82, 2.24) is 4.90 Å². The zero-order valence-electron chi connectivity index (χ0n) is 10.1. The third-order valence-corrected chi connectivity index (χ3v) is 3.65. The van der Waals surface area contributed by atoms with Crippen molar-refractivity contribution in [3.8, 4) is 0 Å². The van der Waals surface area contributed by atoms with Crippen molar-refractivity contribution in [3.63, 3.8) is 0 Å². The molecule has 0 saturated carbocycles. The predicted molar refractivity (Wildman–Crippen MR) is 58.6 cm³/mol. The number of ether oxygens (including phenoxy) is 3. The molecule has 3 heterocycles. The maximum Gasteiger partial charge on any atom is 0.338 e. The number of methoxy groups -OCH3 is 1. The molecular weight excluding hydrogens is 256 g/mol. The van der Waals surface area contributed by atoms with Crippen molar-refractivity contribution in [2.24, 2.45) is 5.11 Å². The quantitative estimate of drug-likeness (QED) is 0.291. The standard InChI is InChI=1S/C10H12N4O5/c1-17-9(16)7-6-8(15)14-3-4(12-13-11)2-5(14)10(18-6)19-7/h4-7,10H,2-3H2,1H3/t4-,5-,6+,7+,10-/m0/s1. The van der Waals surface area contributed by atoms with Gasteiger partial charge in [-0.15, -0.1) is 0 Å². The van der Waals surface area contributed by atoms with Crippen molar-refractivity contribution >= 4 is 11.9 Å². The minimum Gasteiger partial charge on any atom is -0.467 e. The Morgan fingerprint density at radius 1 is 1.58 bits per heavy atom. The van der Waals surface area contributed by atoms with E-state index in [0.717, 1.165) is 0 Å². The summed E-state index contributed by atoms with van der Waals surface area (Å²) in [5, 5.41) is 3.62. The van der Waals surface area contributed by atoms with Crippen molar-refractivity contribution in [3.05, 3.63) is 10.4 Å². The topological polar surface area (TPSA) is 114 Å². The summed E-state index contributed by atoms with van der Waals surface area (Å²) < 4.78 is 15.5. The smallest absolute Gasteiger partial charge is 0.338 e. The van der Waals surface area contributed by atoms with Gasteiger partial charge >= 0.3 is 5.97 Å². The van der Waals surface area contributed by atoms with Crippen molar-refractivity contribution < 1.29 is 23.8 Å². The van der Waals surface area contributed by atoms with E-state index in [0.29, 0.717) is 13.0 Å². The Morgan fingerprint density at radius 3 is 3.05 bits per heavy atom. The van der Waals surface area contributed by atoms with Crippen LogP contribution < -0.4 is 0 Å². The molecule has 1 amide bonds. The van der Waals surface area contributed by atoms with E-state index < -0.39 is 24.5 Å². The summed E-state index contributed by atoms with van der Waals surface area (Å²) in [6.45, 7) is 0.334. The van der Waals surface area contributed by atoms with Crippen LogP contribution in [-0.4, -0.2) is 61.0 Å².